The molecule has 0 saturated carbocycles. The molecule has 5 rings (SSSR count). The number of aliphatic hydroxyl groups is 1. The molecule has 1 N–H and O–H groups in total. The third-order valence-corrected chi connectivity index (χ3v) is 7.47. The summed E-state index contributed by atoms with van der Waals surface area (Å²) in [5, 5.41) is 10.2. The van der Waals surface area contributed by atoms with Crippen molar-refractivity contribution >= 4 is 5.91 Å². The van der Waals surface area contributed by atoms with Crippen molar-refractivity contribution in [2.45, 2.75) is 30.8 Å². The van der Waals surface area contributed by atoms with Crippen LogP contribution in [0.25, 0.3) is 11.1 Å². The average molecular weight is 475 g/mol. The summed E-state index contributed by atoms with van der Waals surface area (Å²) in [6.45, 7) is 2.30. The molecule has 0 aromatic heterocycles. The fraction of sp³-hybridized carbons (Fsp3) is 0.345. The SMILES string of the molecule is COc1ccc(-c2ccc([C@H]3[C@@H](CO)N4CCCCN(C(=O)c5ccc(F)cc5)C[C@@H]34)cc2)cc1. The fourth-order valence-electron chi connectivity index (χ4n) is 5.58. The summed E-state index contributed by atoms with van der Waals surface area (Å²) in [4.78, 5) is 17.5. The van der Waals surface area contributed by atoms with Gasteiger partial charge in [-0.05, 0) is 72.5 Å². The number of halogens is 1. The van der Waals surface area contributed by atoms with E-state index in [1.54, 1.807) is 19.2 Å². The number of carbonyl (C=O) groups excluding carboxylic acids is 1. The Labute approximate surface area is 205 Å². The van der Waals surface area contributed by atoms with Crippen LogP contribution in [0.4, 0.5) is 4.39 Å². The van der Waals surface area contributed by atoms with Gasteiger partial charge in [-0.15, -0.1) is 0 Å². The predicted octanol–water partition coefficient (Wildman–Crippen LogP) is 4.57. The number of hydrogen-bond donors (Lipinski definition) is 1. The van der Waals surface area contributed by atoms with E-state index < -0.39 is 0 Å². The Morgan fingerprint density at radius 3 is 2.20 bits per heavy atom. The minimum absolute atomic E-state index is 0.0488. The molecule has 2 heterocycles. The highest BCUT2D eigenvalue weighted by atomic mass is 19.1. The average Bonchev–Trinajstić information content (AvgIpc) is 2.88. The van der Waals surface area contributed by atoms with Gasteiger partial charge in [0.25, 0.3) is 5.91 Å². The van der Waals surface area contributed by atoms with E-state index in [1.165, 1.54) is 17.7 Å². The van der Waals surface area contributed by atoms with Gasteiger partial charge in [0.05, 0.1) is 13.7 Å². The van der Waals surface area contributed by atoms with Crippen LogP contribution >= 0.6 is 0 Å². The van der Waals surface area contributed by atoms with Crippen LogP contribution in [0.15, 0.2) is 72.8 Å². The van der Waals surface area contributed by atoms with Crippen LogP contribution < -0.4 is 4.74 Å². The quantitative estimate of drug-likeness (QED) is 0.589. The lowest BCUT2D eigenvalue weighted by molar-refractivity contribution is -0.0606. The van der Waals surface area contributed by atoms with Crippen LogP contribution in [-0.2, 0) is 0 Å². The predicted molar refractivity (Wildman–Crippen MR) is 134 cm³/mol. The number of benzene rings is 3. The Balaban J connectivity index is 1.37. The molecule has 2 fully saturated rings. The molecule has 1 amide bonds. The number of rotatable bonds is 5. The first-order valence-corrected chi connectivity index (χ1v) is 12.2. The maximum atomic E-state index is 13.4. The minimum Gasteiger partial charge on any atom is -0.497 e. The number of ether oxygens (including phenoxy) is 1. The summed E-state index contributed by atoms with van der Waals surface area (Å²) in [5.74, 6) is 0.567. The summed E-state index contributed by atoms with van der Waals surface area (Å²) in [6, 6.07) is 22.5. The van der Waals surface area contributed by atoms with E-state index in [0.29, 0.717) is 18.7 Å². The molecular formula is C29H31FN2O3. The van der Waals surface area contributed by atoms with Crippen molar-refractivity contribution in [3.63, 3.8) is 0 Å². The molecule has 0 aliphatic carbocycles. The van der Waals surface area contributed by atoms with Gasteiger partial charge in [-0.1, -0.05) is 36.4 Å². The normalized spacial score (nSPS) is 22.5. The van der Waals surface area contributed by atoms with Crippen LogP contribution in [0.3, 0.4) is 0 Å². The lowest BCUT2D eigenvalue weighted by atomic mass is 9.74. The molecular weight excluding hydrogens is 443 g/mol. The highest BCUT2D eigenvalue weighted by Crippen LogP contribution is 2.42. The van der Waals surface area contributed by atoms with Crippen molar-refractivity contribution in [2.24, 2.45) is 0 Å². The van der Waals surface area contributed by atoms with Gasteiger partial charge in [-0.2, -0.15) is 0 Å². The lowest BCUT2D eigenvalue weighted by Gasteiger charge is -2.57. The number of hydrogen-bond acceptors (Lipinski definition) is 4. The molecule has 3 aromatic rings. The second-order valence-corrected chi connectivity index (χ2v) is 9.40. The molecule has 0 spiro atoms. The summed E-state index contributed by atoms with van der Waals surface area (Å²) in [6.07, 6.45) is 1.89. The highest BCUT2D eigenvalue weighted by Gasteiger charge is 2.49. The van der Waals surface area contributed by atoms with Crippen LogP contribution in [0.2, 0.25) is 0 Å². The van der Waals surface area contributed by atoms with Crippen molar-refractivity contribution in [1.29, 1.82) is 0 Å². The first-order valence-electron chi connectivity index (χ1n) is 12.2. The van der Waals surface area contributed by atoms with E-state index in [-0.39, 0.29) is 36.3 Å². The smallest absolute Gasteiger partial charge is 0.253 e. The van der Waals surface area contributed by atoms with Crippen molar-refractivity contribution in [3.8, 4) is 16.9 Å². The number of fused-ring (bicyclic) bond motifs is 1. The maximum Gasteiger partial charge on any atom is 0.253 e. The monoisotopic (exact) mass is 474 g/mol. The Kier molecular flexibility index (Phi) is 6.84. The molecule has 3 atom stereocenters. The topological polar surface area (TPSA) is 53.0 Å². The molecule has 6 heteroatoms. The number of aliphatic hydroxyl groups excluding tert-OH is 1. The molecule has 182 valence electrons. The second-order valence-electron chi connectivity index (χ2n) is 9.40. The molecule has 0 bridgehead atoms. The maximum absolute atomic E-state index is 13.4. The van der Waals surface area contributed by atoms with Gasteiger partial charge in [0.1, 0.15) is 11.6 Å². The van der Waals surface area contributed by atoms with Gasteiger partial charge >= 0.3 is 0 Å². The molecule has 0 radical (unpaired) electrons. The molecule has 35 heavy (non-hydrogen) atoms. The van der Waals surface area contributed by atoms with Crippen LogP contribution in [0, 0.1) is 5.82 Å². The van der Waals surface area contributed by atoms with Crippen LogP contribution in [0.1, 0.15) is 34.7 Å². The lowest BCUT2D eigenvalue weighted by Crippen LogP contribution is -2.67. The second kappa shape index (κ2) is 10.2. The van der Waals surface area contributed by atoms with Gasteiger partial charge in [-0.25, -0.2) is 4.39 Å². The highest BCUT2D eigenvalue weighted by molar-refractivity contribution is 5.94. The summed E-state index contributed by atoms with van der Waals surface area (Å²) in [7, 11) is 1.66. The number of methoxy groups -OCH3 is 1. The van der Waals surface area contributed by atoms with Crippen molar-refractivity contribution < 1.29 is 19.0 Å². The third-order valence-electron chi connectivity index (χ3n) is 7.47. The Hall–Kier alpha value is -3.22. The first-order chi connectivity index (χ1) is 17.1. The van der Waals surface area contributed by atoms with Crippen LogP contribution in [0.5, 0.6) is 5.75 Å². The molecule has 0 unspecified atom stereocenters. The zero-order valence-electron chi connectivity index (χ0n) is 19.9. The summed E-state index contributed by atoms with van der Waals surface area (Å²) >= 11 is 0. The van der Waals surface area contributed by atoms with Crippen molar-refractivity contribution in [3.05, 3.63) is 89.7 Å². The van der Waals surface area contributed by atoms with Gasteiger partial charge in [0, 0.05) is 36.7 Å². The molecule has 5 nitrogen and oxygen atoms in total. The van der Waals surface area contributed by atoms with E-state index >= 15 is 0 Å². The Bertz CT molecular complexity index is 1150. The van der Waals surface area contributed by atoms with E-state index in [2.05, 4.69) is 29.2 Å². The third kappa shape index (κ3) is 4.68. The fourth-order valence-corrected chi connectivity index (χ4v) is 5.58. The van der Waals surface area contributed by atoms with Crippen molar-refractivity contribution in [1.82, 2.24) is 9.80 Å². The van der Waals surface area contributed by atoms with Crippen molar-refractivity contribution in [2.75, 3.05) is 33.4 Å². The standard InChI is InChI=1S/C29H31FN2O3/c1-35-25-14-10-21(11-15-25)20-4-6-22(7-5-20)28-26-18-31(16-2-3-17-32(26)27(28)19-33)29(34)23-8-12-24(30)13-9-23/h4-15,26-28,33H,2-3,16-19H2,1H3/t26-,27+,28+/m0/s1. The number of nitrogens with zero attached hydrogens (tertiary/aromatic N) is 2. The van der Waals surface area contributed by atoms with E-state index in [4.69, 9.17) is 4.74 Å². The Morgan fingerprint density at radius 1 is 0.943 bits per heavy atom. The van der Waals surface area contributed by atoms with Gasteiger partial charge in [0.15, 0.2) is 0 Å². The number of amides is 1. The first kappa shape index (κ1) is 23.5. The molecule has 2 saturated heterocycles. The summed E-state index contributed by atoms with van der Waals surface area (Å²) < 4.78 is 18.6. The van der Waals surface area contributed by atoms with E-state index in [1.807, 2.05) is 29.2 Å². The molecule has 2 aliphatic heterocycles. The van der Waals surface area contributed by atoms with Gasteiger partial charge in [-0.3, -0.25) is 9.69 Å². The molecule has 3 aromatic carbocycles. The zero-order valence-corrected chi connectivity index (χ0v) is 19.9. The Morgan fingerprint density at radius 2 is 1.57 bits per heavy atom. The van der Waals surface area contributed by atoms with E-state index in [9.17, 15) is 14.3 Å². The largest absolute Gasteiger partial charge is 0.497 e. The zero-order chi connectivity index (χ0) is 24.4. The minimum atomic E-state index is -0.344. The van der Waals surface area contributed by atoms with Gasteiger partial charge in [0.2, 0.25) is 0 Å². The van der Waals surface area contributed by atoms with E-state index in [0.717, 1.165) is 36.3 Å². The number of carbonyl (C=O) groups is 1. The summed E-state index contributed by atoms with van der Waals surface area (Å²) in [5.41, 5.74) is 3.93. The van der Waals surface area contributed by atoms with Crippen LogP contribution in [-0.4, -0.2) is 66.2 Å². The molecule has 2 aliphatic rings. The van der Waals surface area contributed by atoms with Gasteiger partial charge < -0.3 is 14.7 Å².